The van der Waals surface area contributed by atoms with E-state index in [9.17, 15) is 22.4 Å². The summed E-state index contributed by atoms with van der Waals surface area (Å²) < 4.78 is 54.9. The van der Waals surface area contributed by atoms with Crippen LogP contribution in [0.5, 0.6) is 5.75 Å². The smallest absolute Gasteiger partial charge is 0.419 e. The first kappa shape index (κ1) is 12.5. The highest BCUT2D eigenvalue weighted by Crippen LogP contribution is 2.35. The van der Waals surface area contributed by atoms with Crippen molar-refractivity contribution in [2.75, 3.05) is 7.11 Å². The molecule has 1 aromatic rings. The van der Waals surface area contributed by atoms with E-state index in [-0.39, 0.29) is 5.56 Å². The zero-order valence-electron chi connectivity index (χ0n) is 8.48. The molecule has 0 bridgehead atoms. The lowest BCUT2D eigenvalue weighted by molar-refractivity contribution is -0.140. The minimum atomic E-state index is -4.86. The first-order valence-corrected chi connectivity index (χ1v) is 4.23. The van der Waals surface area contributed by atoms with Crippen LogP contribution in [0.3, 0.4) is 0 Å². The van der Waals surface area contributed by atoms with Crippen molar-refractivity contribution in [2.45, 2.75) is 13.1 Å². The summed E-state index contributed by atoms with van der Waals surface area (Å²) in [6, 6.07) is 1.41. The summed E-state index contributed by atoms with van der Waals surface area (Å²) in [6.07, 6.45) is -4.86. The molecule has 1 aromatic carbocycles. The van der Waals surface area contributed by atoms with Crippen LogP contribution in [0.1, 0.15) is 22.8 Å². The second-order valence-corrected chi connectivity index (χ2v) is 3.09. The van der Waals surface area contributed by atoms with E-state index in [0.717, 1.165) is 20.1 Å². The Morgan fingerprint density at radius 3 is 2.25 bits per heavy atom. The summed E-state index contributed by atoms with van der Waals surface area (Å²) in [5, 5.41) is 0. The zero-order valence-corrected chi connectivity index (χ0v) is 8.48. The highest BCUT2D eigenvalue weighted by atomic mass is 19.4. The summed E-state index contributed by atoms with van der Waals surface area (Å²) in [6.45, 7) is 1.09. The maximum Gasteiger partial charge on any atom is 0.419 e. The summed E-state index contributed by atoms with van der Waals surface area (Å²) in [5.74, 6) is -2.70. The van der Waals surface area contributed by atoms with Gasteiger partial charge in [0.05, 0.1) is 12.7 Å². The first-order valence-electron chi connectivity index (χ1n) is 4.23. The first-order chi connectivity index (χ1) is 7.27. The van der Waals surface area contributed by atoms with E-state index in [4.69, 9.17) is 0 Å². The highest BCUT2D eigenvalue weighted by molar-refractivity contribution is 5.94. The van der Waals surface area contributed by atoms with Gasteiger partial charge in [-0.1, -0.05) is 0 Å². The lowest BCUT2D eigenvalue weighted by Crippen LogP contribution is -2.11. The van der Waals surface area contributed by atoms with Gasteiger partial charge in [0.2, 0.25) is 0 Å². The van der Waals surface area contributed by atoms with E-state index < -0.39 is 29.1 Å². The Balaban J connectivity index is 3.48. The molecule has 0 aliphatic heterocycles. The molecule has 0 radical (unpaired) electrons. The molecule has 0 saturated heterocycles. The molecular weight excluding hydrogens is 228 g/mol. The van der Waals surface area contributed by atoms with Crippen molar-refractivity contribution in [1.29, 1.82) is 0 Å². The van der Waals surface area contributed by atoms with Crippen molar-refractivity contribution < 1.29 is 27.1 Å². The minimum absolute atomic E-state index is 0.245. The molecular formula is C10H8F4O2. The Kier molecular flexibility index (Phi) is 3.21. The van der Waals surface area contributed by atoms with E-state index in [2.05, 4.69) is 4.74 Å². The van der Waals surface area contributed by atoms with E-state index in [1.54, 1.807) is 0 Å². The number of halogens is 4. The predicted octanol–water partition coefficient (Wildman–Crippen LogP) is 3.06. The van der Waals surface area contributed by atoms with Gasteiger partial charge < -0.3 is 4.74 Å². The fourth-order valence-electron chi connectivity index (χ4n) is 1.16. The van der Waals surface area contributed by atoms with Crippen LogP contribution in [0, 0.1) is 5.82 Å². The van der Waals surface area contributed by atoms with Gasteiger partial charge in [-0.05, 0) is 19.1 Å². The maximum absolute atomic E-state index is 13.3. The van der Waals surface area contributed by atoms with Crippen LogP contribution in [-0.4, -0.2) is 12.9 Å². The SMILES string of the molecule is COc1cc(C(C)=O)cc(C(F)(F)F)c1F. The second kappa shape index (κ2) is 4.11. The van der Waals surface area contributed by atoms with Crippen molar-refractivity contribution in [3.63, 3.8) is 0 Å². The van der Waals surface area contributed by atoms with Gasteiger partial charge in [-0.3, -0.25) is 4.79 Å². The van der Waals surface area contributed by atoms with Gasteiger partial charge in [-0.25, -0.2) is 4.39 Å². The van der Waals surface area contributed by atoms with Crippen LogP contribution < -0.4 is 4.74 Å². The third kappa shape index (κ3) is 2.32. The number of Topliss-reactive ketones (excluding diaryl/α,β-unsaturated/α-hetero) is 1. The fraction of sp³-hybridized carbons (Fsp3) is 0.300. The molecule has 1 rings (SSSR count). The van der Waals surface area contributed by atoms with Crippen LogP contribution in [0.15, 0.2) is 12.1 Å². The third-order valence-electron chi connectivity index (χ3n) is 1.97. The lowest BCUT2D eigenvalue weighted by Gasteiger charge is -2.12. The Morgan fingerprint density at radius 2 is 1.88 bits per heavy atom. The number of ketones is 1. The number of ether oxygens (including phenoxy) is 1. The van der Waals surface area contributed by atoms with Crippen LogP contribution in [0.25, 0.3) is 0 Å². The van der Waals surface area contributed by atoms with Crippen molar-refractivity contribution in [1.82, 2.24) is 0 Å². The van der Waals surface area contributed by atoms with E-state index in [0.29, 0.717) is 6.07 Å². The second-order valence-electron chi connectivity index (χ2n) is 3.09. The molecule has 2 nitrogen and oxygen atoms in total. The monoisotopic (exact) mass is 236 g/mol. The van der Waals surface area contributed by atoms with Crippen molar-refractivity contribution in [3.05, 3.63) is 29.1 Å². The van der Waals surface area contributed by atoms with Crippen molar-refractivity contribution in [2.24, 2.45) is 0 Å². The van der Waals surface area contributed by atoms with E-state index in [1.807, 2.05) is 0 Å². The predicted molar refractivity (Wildman–Crippen MR) is 48.0 cm³/mol. The molecule has 0 atom stereocenters. The average Bonchev–Trinajstić information content (AvgIpc) is 2.15. The van der Waals surface area contributed by atoms with Crippen molar-refractivity contribution in [3.8, 4) is 5.75 Å². The number of methoxy groups -OCH3 is 1. The Labute approximate surface area is 88.8 Å². The van der Waals surface area contributed by atoms with Crippen LogP contribution >= 0.6 is 0 Å². The lowest BCUT2D eigenvalue weighted by atomic mass is 10.1. The van der Waals surface area contributed by atoms with Crippen LogP contribution in [0.2, 0.25) is 0 Å². The number of carbonyl (C=O) groups is 1. The summed E-state index contributed by atoms with van der Waals surface area (Å²) >= 11 is 0. The van der Waals surface area contributed by atoms with Gasteiger partial charge in [0.1, 0.15) is 0 Å². The zero-order chi connectivity index (χ0) is 12.5. The van der Waals surface area contributed by atoms with E-state index in [1.165, 1.54) is 0 Å². The number of hydrogen-bond donors (Lipinski definition) is 0. The summed E-state index contributed by atoms with van der Waals surface area (Å²) in [7, 11) is 1.03. The average molecular weight is 236 g/mol. The Morgan fingerprint density at radius 1 is 1.31 bits per heavy atom. The fourth-order valence-corrected chi connectivity index (χ4v) is 1.16. The van der Waals surface area contributed by atoms with Gasteiger partial charge in [-0.15, -0.1) is 0 Å². The number of rotatable bonds is 2. The molecule has 6 heteroatoms. The van der Waals surface area contributed by atoms with Crippen LogP contribution in [-0.2, 0) is 6.18 Å². The molecule has 0 spiro atoms. The standard InChI is InChI=1S/C10H8F4O2/c1-5(15)6-3-7(10(12,13)14)9(11)8(4-6)16-2/h3-4H,1-2H3. The molecule has 0 aromatic heterocycles. The van der Waals surface area contributed by atoms with Gasteiger partial charge in [0.15, 0.2) is 17.3 Å². The Hall–Kier alpha value is -1.59. The number of benzene rings is 1. The topological polar surface area (TPSA) is 26.3 Å². The molecule has 88 valence electrons. The molecule has 0 N–H and O–H groups in total. The molecule has 16 heavy (non-hydrogen) atoms. The largest absolute Gasteiger partial charge is 0.494 e. The quantitative estimate of drug-likeness (QED) is 0.582. The summed E-state index contributed by atoms with van der Waals surface area (Å²) in [5.41, 5.74) is -1.75. The molecule has 0 heterocycles. The summed E-state index contributed by atoms with van der Waals surface area (Å²) in [4.78, 5) is 11.0. The number of alkyl halides is 3. The minimum Gasteiger partial charge on any atom is -0.494 e. The normalized spacial score (nSPS) is 11.4. The van der Waals surface area contributed by atoms with Gasteiger partial charge in [0.25, 0.3) is 0 Å². The third-order valence-corrected chi connectivity index (χ3v) is 1.97. The molecule has 0 amide bonds. The highest BCUT2D eigenvalue weighted by Gasteiger charge is 2.36. The molecule has 0 aliphatic rings. The Bertz CT molecular complexity index is 424. The molecule has 0 fully saturated rings. The van der Waals surface area contributed by atoms with Gasteiger partial charge in [-0.2, -0.15) is 13.2 Å². The van der Waals surface area contributed by atoms with Crippen molar-refractivity contribution >= 4 is 5.78 Å². The van der Waals surface area contributed by atoms with Crippen LogP contribution in [0.4, 0.5) is 17.6 Å². The maximum atomic E-state index is 13.3. The van der Waals surface area contributed by atoms with E-state index >= 15 is 0 Å². The molecule has 0 aliphatic carbocycles. The van der Waals surface area contributed by atoms with Gasteiger partial charge >= 0.3 is 6.18 Å². The number of hydrogen-bond acceptors (Lipinski definition) is 2. The van der Waals surface area contributed by atoms with Gasteiger partial charge in [0, 0.05) is 5.56 Å². The number of carbonyl (C=O) groups excluding carboxylic acids is 1. The molecule has 0 saturated carbocycles. The molecule has 0 unspecified atom stereocenters.